The lowest BCUT2D eigenvalue weighted by Gasteiger charge is -2.39. The Balaban J connectivity index is 0.000000250. The fourth-order valence-corrected chi connectivity index (χ4v) is 20.9. The van der Waals surface area contributed by atoms with Gasteiger partial charge in [0.25, 0.3) is 0 Å². The van der Waals surface area contributed by atoms with Crippen molar-refractivity contribution in [2.45, 2.75) is 314 Å². The molecule has 10 aliphatic rings. The summed E-state index contributed by atoms with van der Waals surface area (Å²) in [4.78, 5) is 173. The molecule has 3 aromatic rings. The summed E-state index contributed by atoms with van der Waals surface area (Å²) < 4.78 is 32.2. The van der Waals surface area contributed by atoms with E-state index in [1.54, 1.807) is 35.8 Å². The van der Waals surface area contributed by atoms with Gasteiger partial charge in [-0.25, -0.2) is 33.8 Å². The van der Waals surface area contributed by atoms with Gasteiger partial charge in [-0.05, 0) is 345 Å². The summed E-state index contributed by atoms with van der Waals surface area (Å²) in [5.41, 5.74) is -0.533. The number of alkyl carbamates (subject to hydrolysis) is 3. The number of amides is 11. The van der Waals surface area contributed by atoms with Crippen LogP contribution in [-0.4, -0.2) is 344 Å². The summed E-state index contributed by atoms with van der Waals surface area (Å²) in [5.74, 6) is 5.68. The maximum atomic E-state index is 13.0. The van der Waals surface area contributed by atoms with Gasteiger partial charge in [0.1, 0.15) is 39.4 Å². The van der Waals surface area contributed by atoms with Crippen LogP contribution in [0.5, 0.6) is 0 Å². The quantitative estimate of drug-likeness (QED) is 0.0884. The van der Waals surface area contributed by atoms with Gasteiger partial charge >= 0.3 is 36.6 Å². The van der Waals surface area contributed by atoms with Gasteiger partial charge in [-0.3, -0.25) is 33.9 Å². The zero-order chi connectivity index (χ0) is 107. The number of hydrogen-bond acceptors (Lipinski definition) is 24. The van der Waals surface area contributed by atoms with Gasteiger partial charge < -0.3 is 103 Å². The number of anilines is 3. The zero-order valence-corrected chi connectivity index (χ0v) is 93.0. The summed E-state index contributed by atoms with van der Waals surface area (Å²) in [7, 11) is 7.48. The first-order valence-electron chi connectivity index (χ1n) is 54.6. The van der Waals surface area contributed by atoms with Crippen molar-refractivity contribution in [3.05, 3.63) is 73.4 Å². The molecule has 5 saturated heterocycles. The van der Waals surface area contributed by atoms with E-state index in [0.717, 1.165) is 265 Å². The van der Waals surface area contributed by atoms with Crippen LogP contribution in [-0.2, 0) is 52.4 Å². The molecular weight excluding hydrogens is 1880 g/mol. The van der Waals surface area contributed by atoms with E-state index in [2.05, 4.69) is 57.5 Å². The third-order valence-electron chi connectivity index (χ3n) is 29.0. The summed E-state index contributed by atoms with van der Waals surface area (Å²) in [5, 5.41) is 8.59. The number of carbonyl (C=O) groups excluding carboxylic acids is 11. The number of likely N-dealkylation sites (tertiary alicyclic amines) is 1. The number of piperazine rings is 4. The maximum Gasteiger partial charge on any atom is 0.410 e. The molecule has 836 valence electrons. The Morgan fingerprint density at radius 3 is 0.757 bits per heavy atom. The lowest BCUT2D eigenvalue weighted by atomic mass is 9.81. The molecule has 35 heteroatoms. The standard InChI is InChI=1S/C25H45N3O5.2C23H36N4O3.C22H34N4O3.C18H33N3O3.2CH4/c1-24(2,3)32-22(30)26-16-18-8-10-20(11-9-18)21(29)28-14-12-19(13-15-28)17-27(7)23(31)33-25(4,5)6;1-23(2,3)30-22(29)25(4)17-18-5-7-19(8-6-18)21(28)27-15-13-26(14-16-27)20-9-11-24-12-10-20;1-23(2,3)30-22(29)25(4)17-18-8-10-19(11-9-18)21(28)27-15-13-26(14-16-27)20-7-5-6-12-24-20;1-22(2,3)29-21(28)24-16-17-4-6-18(7-5-17)20(27)26-14-12-25(13-15-26)19-8-10-23-11-9-19;1-18(2,3)24-17(23)19-13-14-5-7-15(8-6-14)16(22)21-11-9-20(4)10-12-21;;/h18-20H,8-17H2,1-7H3,(H,26,30);9-12,18-19H,5-8,13-17H2,1-4H3;5-7,12,18-19H,8-11,13-17H2,1-4H3;8-11,17-18H,4-7,12-16H2,1-3H3,(H,24,28);14-15H,5-13H2,1-4H3,(H,19,23);2*1H4. The number of carbonyl (C=O) groups is 11. The number of likely N-dealkylation sites (N-methyl/N-ethyl adjacent to an activating group) is 1. The molecule has 35 nitrogen and oxygen atoms in total. The third-order valence-corrected chi connectivity index (χ3v) is 29.0. The van der Waals surface area contributed by atoms with Crippen molar-refractivity contribution in [3.63, 3.8) is 0 Å². The maximum absolute atomic E-state index is 13.0. The van der Waals surface area contributed by atoms with Crippen LogP contribution >= 0.6 is 0 Å². The molecule has 0 spiro atoms. The van der Waals surface area contributed by atoms with E-state index in [4.69, 9.17) is 28.4 Å². The van der Waals surface area contributed by atoms with Crippen molar-refractivity contribution in [2.24, 2.45) is 65.1 Å². The van der Waals surface area contributed by atoms with Crippen molar-refractivity contribution >= 4 is 83.3 Å². The smallest absolute Gasteiger partial charge is 0.410 e. The van der Waals surface area contributed by atoms with Crippen molar-refractivity contribution in [2.75, 3.05) is 200 Å². The van der Waals surface area contributed by atoms with E-state index in [0.29, 0.717) is 98.4 Å². The molecule has 3 N–H and O–H groups in total. The van der Waals surface area contributed by atoms with Crippen LogP contribution < -0.4 is 30.7 Å². The van der Waals surface area contributed by atoms with Crippen LogP contribution in [0, 0.1) is 65.1 Å². The first-order chi connectivity index (χ1) is 68.7. The van der Waals surface area contributed by atoms with Crippen molar-refractivity contribution < 1.29 is 81.2 Å². The second-order valence-electron chi connectivity index (χ2n) is 48.3. The fourth-order valence-electron chi connectivity index (χ4n) is 20.9. The SMILES string of the molecule is C.C.CC(C)(C)OC(=O)NCC1CCC(C(=O)N2CCN(c3ccncc3)CC2)CC1.CN(CC1CCC(C(=O)N2CCN(c3ccccn3)CC2)CC1)C(=O)OC(C)(C)C.CN(CC1CCC(C(=O)N2CCN(c3ccncc3)CC2)CC1)C(=O)OC(C)(C)C.CN(CC1CCN(C(=O)C2CCC(CNC(=O)OC(C)(C)C)CC2)CC1)C(=O)OC(C)(C)C.CN1CCN(C(=O)C2CCC(CNC(=O)OC(C)(C)C)CC2)CC1. The number of hydrogen-bond donors (Lipinski definition) is 3. The average molecular weight is 2070 g/mol. The van der Waals surface area contributed by atoms with Gasteiger partial charge in [-0.2, -0.15) is 0 Å². The minimum absolute atomic E-state index is 0. The molecule has 5 saturated carbocycles. The second kappa shape index (κ2) is 59.0. The van der Waals surface area contributed by atoms with E-state index in [-0.39, 0.29) is 86.9 Å². The summed E-state index contributed by atoms with van der Waals surface area (Å²) in [6, 6.07) is 14.0. The average Bonchev–Trinajstić information content (AvgIpc) is 0.831. The third kappa shape index (κ3) is 44.7. The van der Waals surface area contributed by atoms with Gasteiger partial charge in [0.15, 0.2) is 0 Å². The van der Waals surface area contributed by atoms with Gasteiger partial charge in [0.05, 0.1) is 0 Å². The highest BCUT2D eigenvalue weighted by atomic mass is 16.6. The number of rotatable bonds is 20. The predicted octanol–water partition coefficient (Wildman–Crippen LogP) is 17.7. The molecule has 5 aliphatic heterocycles. The first-order valence-corrected chi connectivity index (χ1v) is 54.6. The zero-order valence-electron chi connectivity index (χ0n) is 93.0. The minimum Gasteiger partial charge on any atom is -0.444 e. The highest BCUT2D eigenvalue weighted by Gasteiger charge is 2.40. The Hall–Kier alpha value is -10.2. The lowest BCUT2D eigenvalue weighted by Crippen LogP contribution is -2.51. The lowest BCUT2D eigenvalue weighted by molar-refractivity contribution is -0.139. The molecular formula is C113H192N18O17. The van der Waals surface area contributed by atoms with E-state index in [1.807, 2.05) is 223 Å². The number of nitrogens with one attached hydrogen (secondary N) is 3. The van der Waals surface area contributed by atoms with Crippen LogP contribution in [0.1, 0.15) is 281 Å². The first kappa shape index (κ1) is 125. The Labute approximate surface area is 887 Å². The Morgan fingerprint density at radius 2 is 0.514 bits per heavy atom. The van der Waals surface area contributed by atoms with Gasteiger partial charge in [0.2, 0.25) is 29.5 Å². The summed E-state index contributed by atoms with van der Waals surface area (Å²) >= 11 is 0. The van der Waals surface area contributed by atoms with E-state index < -0.39 is 33.6 Å². The Morgan fingerprint density at radius 1 is 0.284 bits per heavy atom. The Bertz CT molecular complexity index is 4360. The molecule has 13 rings (SSSR count). The molecule has 8 heterocycles. The van der Waals surface area contributed by atoms with Gasteiger partial charge in [0, 0.05) is 250 Å². The van der Waals surface area contributed by atoms with Crippen molar-refractivity contribution in [1.29, 1.82) is 0 Å². The van der Waals surface area contributed by atoms with Crippen LogP contribution in [0.2, 0.25) is 0 Å². The second-order valence-corrected chi connectivity index (χ2v) is 48.3. The molecule has 0 aromatic carbocycles. The normalized spacial score (nSPS) is 22.9. The molecule has 3 aromatic heterocycles. The number of piperidine rings is 1. The molecule has 0 unspecified atom stereocenters. The molecule has 0 radical (unpaired) electrons. The van der Waals surface area contributed by atoms with E-state index >= 15 is 0 Å². The molecule has 0 bridgehead atoms. The van der Waals surface area contributed by atoms with Crippen molar-refractivity contribution in [1.82, 2.24) is 75.0 Å². The number of ether oxygens (including phenoxy) is 6. The van der Waals surface area contributed by atoms with Crippen molar-refractivity contribution in [3.8, 4) is 0 Å². The number of pyridine rings is 3. The summed E-state index contributed by atoms with van der Waals surface area (Å²) in [6.45, 7) is 52.5. The highest BCUT2D eigenvalue weighted by Crippen LogP contribution is 2.38. The van der Waals surface area contributed by atoms with Gasteiger partial charge in [-0.15, -0.1) is 0 Å². The van der Waals surface area contributed by atoms with Crippen LogP contribution in [0.3, 0.4) is 0 Å². The van der Waals surface area contributed by atoms with Gasteiger partial charge in [-0.1, -0.05) is 20.9 Å². The number of nitrogens with zero attached hydrogens (tertiary/aromatic N) is 15. The highest BCUT2D eigenvalue weighted by molar-refractivity contribution is 5.82. The van der Waals surface area contributed by atoms with Crippen LogP contribution in [0.4, 0.5) is 46.0 Å². The molecule has 5 aliphatic carbocycles. The number of aromatic nitrogens is 3. The topological polar surface area (TPSA) is 357 Å². The molecule has 10 fully saturated rings. The Kier molecular flexibility index (Phi) is 49.7. The van der Waals surface area contributed by atoms with E-state index in [9.17, 15) is 52.7 Å². The molecule has 148 heavy (non-hydrogen) atoms. The predicted molar refractivity (Wildman–Crippen MR) is 582 cm³/mol. The monoisotopic (exact) mass is 2070 g/mol. The van der Waals surface area contributed by atoms with Crippen LogP contribution in [0.25, 0.3) is 0 Å². The fraction of sp³-hybridized carbons (Fsp3) is 0.770. The minimum atomic E-state index is -0.494. The van der Waals surface area contributed by atoms with E-state index in [1.165, 1.54) is 11.4 Å². The molecule has 11 amide bonds. The molecule has 0 atom stereocenters. The van der Waals surface area contributed by atoms with Crippen LogP contribution in [0.15, 0.2) is 73.4 Å². The largest absolute Gasteiger partial charge is 0.444 e. The summed E-state index contributed by atoms with van der Waals surface area (Å²) in [6.07, 6.45) is 27.8.